The molecule has 18 heavy (non-hydrogen) atoms. The van der Waals surface area contributed by atoms with Gasteiger partial charge in [-0.1, -0.05) is 11.6 Å². The molecule has 7 heteroatoms. The third-order valence-corrected chi connectivity index (χ3v) is 3.21. The molecule has 2 heterocycles. The van der Waals surface area contributed by atoms with Crippen molar-refractivity contribution in [2.75, 3.05) is 5.73 Å². The first-order valence-corrected chi connectivity index (χ1v) is 5.83. The molecule has 0 saturated carbocycles. The van der Waals surface area contributed by atoms with Gasteiger partial charge in [-0.15, -0.1) is 0 Å². The maximum atomic E-state index is 6.07. The summed E-state index contributed by atoms with van der Waals surface area (Å²) in [5.74, 6) is 6.17. The molecule has 0 aliphatic heterocycles. The lowest BCUT2D eigenvalue weighted by molar-refractivity contribution is 0.553. The highest BCUT2D eigenvalue weighted by Gasteiger charge is 2.17. The van der Waals surface area contributed by atoms with Crippen molar-refractivity contribution in [3.05, 3.63) is 40.8 Å². The molecule has 1 atom stereocenters. The Morgan fingerprint density at radius 2 is 2.28 bits per heavy atom. The van der Waals surface area contributed by atoms with Crippen molar-refractivity contribution in [2.24, 2.45) is 12.9 Å². The molecule has 0 saturated heterocycles. The Bertz CT molecular complexity index is 538. The molecular weight excluding hydrogens is 252 g/mol. The smallest absolute Gasteiger partial charge is 0.126 e. The predicted octanol–water partition coefficient (Wildman–Crippen LogP) is 0.798. The summed E-state index contributed by atoms with van der Waals surface area (Å²) in [6.07, 6.45) is 5.63. The normalized spacial score (nSPS) is 12.6. The molecule has 5 N–H and O–H groups in total. The summed E-state index contributed by atoms with van der Waals surface area (Å²) >= 11 is 6.07. The summed E-state index contributed by atoms with van der Waals surface area (Å²) in [4.78, 5) is 3.95. The third-order valence-electron chi connectivity index (χ3n) is 2.87. The fourth-order valence-electron chi connectivity index (χ4n) is 1.78. The van der Waals surface area contributed by atoms with Gasteiger partial charge in [-0.2, -0.15) is 5.10 Å². The maximum absolute atomic E-state index is 6.07. The van der Waals surface area contributed by atoms with Crippen LogP contribution in [0.15, 0.2) is 24.7 Å². The van der Waals surface area contributed by atoms with Gasteiger partial charge in [0.25, 0.3) is 0 Å². The molecule has 0 fully saturated rings. The van der Waals surface area contributed by atoms with E-state index in [0.717, 1.165) is 11.1 Å². The molecule has 2 aromatic rings. The van der Waals surface area contributed by atoms with Crippen molar-refractivity contribution in [3.8, 4) is 0 Å². The van der Waals surface area contributed by atoms with Gasteiger partial charge < -0.3 is 5.73 Å². The molecule has 0 amide bonds. The Hall–Kier alpha value is -1.63. The Kier molecular flexibility index (Phi) is 3.81. The number of nitrogens with one attached hydrogen (secondary N) is 1. The molecule has 2 rings (SSSR count). The highest BCUT2D eigenvalue weighted by molar-refractivity contribution is 6.31. The number of hydrogen-bond acceptors (Lipinski definition) is 5. The zero-order valence-corrected chi connectivity index (χ0v) is 10.7. The molecule has 0 bridgehead atoms. The van der Waals surface area contributed by atoms with Crippen LogP contribution in [0.2, 0.25) is 5.02 Å². The van der Waals surface area contributed by atoms with Crippen LogP contribution >= 0.6 is 11.6 Å². The van der Waals surface area contributed by atoms with Crippen molar-refractivity contribution >= 4 is 17.4 Å². The molecule has 0 aromatic carbocycles. The fraction of sp³-hybridized carbons (Fsp3) is 0.273. The average Bonchev–Trinajstić information content (AvgIpc) is 2.70. The van der Waals surface area contributed by atoms with Crippen LogP contribution in [0.25, 0.3) is 0 Å². The van der Waals surface area contributed by atoms with E-state index in [2.05, 4.69) is 15.5 Å². The highest BCUT2D eigenvalue weighted by atomic mass is 35.5. The molecule has 0 radical (unpaired) electrons. The Labute approximate surface area is 110 Å². The van der Waals surface area contributed by atoms with Crippen LogP contribution in [-0.2, 0) is 13.5 Å². The fourth-order valence-corrected chi connectivity index (χ4v) is 1.98. The average molecular weight is 267 g/mol. The van der Waals surface area contributed by atoms with E-state index in [-0.39, 0.29) is 6.04 Å². The molecular formula is C11H15ClN6. The number of pyridine rings is 1. The zero-order valence-electron chi connectivity index (χ0n) is 9.97. The van der Waals surface area contributed by atoms with Crippen LogP contribution in [-0.4, -0.2) is 14.8 Å². The second kappa shape index (κ2) is 5.34. The number of nitrogens with two attached hydrogens (primary N) is 2. The minimum absolute atomic E-state index is 0.140. The number of halogens is 1. The summed E-state index contributed by atoms with van der Waals surface area (Å²) in [6.45, 7) is 0. The lowest BCUT2D eigenvalue weighted by atomic mass is 10.0. The van der Waals surface area contributed by atoms with E-state index in [1.165, 1.54) is 0 Å². The summed E-state index contributed by atoms with van der Waals surface area (Å²) < 4.78 is 1.60. The first-order chi connectivity index (χ1) is 8.63. The van der Waals surface area contributed by atoms with Gasteiger partial charge in [0, 0.05) is 25.0 Å². The number of aryl methyl sites for hydroxylation is 1. The molecule has 1 unspecified atom stereocenters. The van der Waals surface area contributed by atoms with Gasteiger partial charge in [-0.05, 0) is 18.1 Å². The van der Waals surface area contributed by atoms with Gasteiger partial charge in [0.15, 0.2) is 0 Å². The number of anilines is 1. The maximum Gasteiger partial charge on any atom is 0.126 e. The molecule has 96 valence electrons. The van der Waals surface area contributed by atoms with Gasteiger partial charge in [-0.3, -0.25) is 20.9 Å². The summed E-state index contributed by atoms with van der Waals surface area (Å²) in [7, 11) is 1.78. The van der Waals surface area contributed by atoms with E-state index in [9.17, 15) is 0 Å². The molecule has 0 aliphatic carbocycles. The van der Waals surface area contributed by atoms with E-state index < -0.39 is 0 Å². The predicted molar refractivity (Wildman–Crippen MR) is 70.6 cm³/mol. The number of hydrogen-bond donors (Lipinski definition) is 3. The summed E-state index contributed by atoms with van der Waals surface area (Å²) in [5, 5.41) is 4.71. The van der Waals surface area contributed by atoms with Crippen LogP contribution in [0.1, 0.15) is 17.2 Å². The Morgan fingerprint density at radius 3 is 2.83 bits per heavy atom. The number of rotatable bonds is 4. The van der Waals surface area contributed by atoms with E-state index in [0.29, 0.717) is 17.3 Å². The van der Waals surface area contributed by atoms with Crippen molar-refractivity contribution in [3.63, 3.8) is 0 Å². The van der Waals surface area contributed by atoms with E-state index in [1.54, 1.807) is 30.3 Å². The van der Waals surface area contributed by atoms with Crippen molar-refractivity contribution in [1.82, 2.24) is 20.2 Å². The van der Waals surface area contributed by atoms with Gasteiger partial charge in [0.1, 0.15) is 5.82 Å². The minimum Gasteiger partial charge on any atom is -0.384 e. The van der Waals surface area contributed by atoms with Crippen molar-refractivity contribution < 1.29 is 0 Å². The van der Waals surface area contributed by atoms with Crippen LogP contribution in [0.4, 0.5) is 5.82 Å². The van der Waals surface area contributed by atoms with Gasteiger partial charge in [0.05, 0.1) is 17.3 Å². The van der Waals surface area contributed by atoms with Crippen molar-refractivity contribution in [2.45, 2.75) is 12.5 Å². The first-order valence-electron chi connectivity index (χ1n) is 5.45. The van der Waals surface area contributed by atoms with E-state index >= 15 is 0 Å². The number of aromatic nitrogens is 3. The number of hydrazine groups is 1. The second-order valence-corrected chi connectivity index (χ2v) is 4.41. The standard InChI is InChI=1S/C11H15ClN6/c1-18-11(13)8(5-16-18)10(17-14)4-7-2-3-15-6-9(7)12/h2-3,5-6,10,17H,4,13-14H2,1H3. The highest BCUT2D eigenvalue weighted by Crippen LogP contribution is 2.25. The van der Waals surface area contributed by atoms with Gasteiger partial charge in [0.2, 0.25) is 0 Å². The summed E-state index contributed by atoms with van der Waals surface area (Å²) in [6, 6.07) is 1.72. The van der Waals surface area contributed by atoms with Crippen LogP contribution < -0.4 is 17.0 Å². The second-order valence-electron chi connectivity index (χ2n) is 4.00. The topological polar surface area (TPSA) is 94.8 Å². The lowest BCUT2D eigenvalue weighted by Crippen LogP contribution is -2.30. The minimum atomic E-state index is -0.140. The number of nitrogens with zero attached hydrogens (tertiary/aromatic N) is 3. The largest absolute Gasteiger partial charge is 0.384 e. The van der Waals surface area contributed by atoms with Crippen LogP contribution in [0.5, 0.6) is 0 Å². The quantitative estimate of drug-likeness (QED) is 0.562. The monoisotopic (exact) mass is 266 g/mol. The van der Waals surface area contributed by atoms with E-state index in [4.69, 9.17) is 23.2 Å². The van der Waals surface area contributed by atoms with Crippen LogP contribution in [0, 0.1) is 0 Å². The molecule has 0 aliphatic rings. The SMILES string of the molecule is Cn1ncc(C(Cc2ccncc2Cl)NN)c1N. The Morgan fingerprint density at radius 1 is 1.50 bits per heavy atom. The summed E-state index contributed by atoms with van der Waals surface area (Å²) in [5.41, 5.74) is 10.5. The van der Waals surface area contributed by atoms with Gasteiger partial charge >= 0.3 is 0 Å². The molecule has 6 nitrogen and oxygen atoms in total. The van der Waals surface area contributed by atoms with E-state index in [1.807, 2.05) is 6.07 Å². The molecule has 0 spiro atoms. The molecule has 2 aromatic heterocycles. The lowest BCUT2D eigenvalue weighted by Gasteiger charge is -2.16. The first kappa shape index (κ1) is 12.8. The Balaban J connectivity index is 2.25. The number of nitrogen functional groups attached to an aromatic ring is 1. The van der Waals surface area contributed by atoms with Crippen LogP contribution in [0.3, 0.4) is 0 Å². The third kappa shape index (κ3) is 2.45. The zero-order chi connectivity index (χ0) is 13.1. The van der Waals surface area contributed by atoms with Crippen molar-refractivity contribution in [1.29, 1.82) is 0 Å². The van der Waals surface area contributed by atoms with Gasteiger partial charge in [-0.25, -0.2) is 0 Å².